The van der Waals surface area contributed by atoms with Gasteiger partial charge in [0.2, 0.25) is 10.0 Å². The van der Waals surface area contributed by atoms with E-state index < -0.39 is 15.6 Å². The quantitative estimate of drug-likeness (QED) is 0.760. The lowest BCUT2D eigenvalue weighted by Crippen LogP contribution is -2.42. The fourth-order valence-corrected chi connectivity index (χ4v) is 4.93. The summed E-state index contributed by atoms with van der Waals surface area (Å²) < 4.78 is 33.6. The van der Waals surface area contributed by atoms with E-state index in [1.807, 2.05) is 58.0 Å². The zero-order chi connectivity index (χ0) is 20.4. The molecule has 0 fully saturated rings. The SMILES string of the molecule is COc1ccc(CC(C)(O)CNS(=O)(=O)c2c(C)c(C)cc(C)c2C)cc1. The number of sulfonamides is 1. The van der Waals surface area contributed by atoms with E-state index in [0.717, 1.165) is 33.6 Å². The number of methoxy groups -OCH3 is 1. The number of hydrogen-bond donors (Lipinski definition) is 2. The summed E-state index contributed by atoms with van der Waals surface area (Å²) in [6, 6.07) is 9.35. The van der Waals surface area contributed by atoms with Crippen molar-refractivity contribution >= 4 is 10.0 Å². The van der Waals surface area contributed by atoms with Crippen LogP contribution in [0.1, 0.15) is 34.7 Å². The van der Waals surface area contributed by atoms with Gasteiger partial charge in [-0.25, -0.2) is 13.1 Å². The molecule has 0 aromatic heterocycles. The van der Waals surface area contributed by atoms with Crippen LogP contribution >= 0.6 is 0 Å². The van der Waals surface area contributed by atoms with E-state index in [-0.39, 0.29) is 6.54 Å². The fourth-order valence-electron chi connectivity index (χ4n) is 3.15. The number of benzene rings is 2. The van der Waals surface area contributed by atoms with Crippen molar-refractivity contribution in [2.75, 3.05) is 13.7 Å². The second-order valence-electron chi connectivity index (χ2n) is 7.44. The van der Waals surface area contributed by atoms with Crippen LogP contribution < -0.4 is 9.46 Å². The number of hydrogen-bond acceptors (Lipinski definition) is 4. The van der Waals surface area contributed by atoms with E-state index in [1.165, 1.54) is 0 Å². The van der Waals surface area contributed by atoms with Gasteiger partial charge >= 0.3 is 0 Å². The van der Waals surface area contributed by atoms with E-state index >= 15 is 0 Å². The highest BCUT2D eigenvalue weighted by molar-refractivity contribution is 7.89. The average molecular weight is 392 g/mol. The van der Waals surface area contributed by atoms with Crippen molar-refractivity contribution in [2.45, 2.75) is 51.5 Å². The lowest BCUT2D eigenvalue weighted by molar-refractivity contribution is 0.0657. The van der Waals surface area contributed by atoms with Crippen molar-refractivity contribution in [3.63, 3.8) is 0 Å². The van der Waals surface area contributed by atoms with Gasteiger partial charge in [0.15, 0.2) is 0 Å². The van der Waals surface area contributed by atoms with Gasteiger partial charge in [-0.1, -0.05) is 18.2 Å². The monoisotopic (exact) mass is 391 g/mol. The third-order valence-electron chi connectivity index (χ3n) is 4.95. The lowest BCUT2D eigenvalue weighted by atomic mass is 9.97. The molecule has 0 radical (unpaired) electrons. The molecule has 0 aliphatic rings. The summed E-state index contributed by atoms with van der Waals surface area (Å²) in [6.07, 6.45) is 0.324. The molecule has 2 N–H and O–H groups in total. The van der Waals surface area contributed by atoms with Gasteiger partial charge in [-0.2, -0.15) is 0 Å². The topological polar surface area (TPSA) is 75.6 Å². The first kappa shape index (κ1) is 21.4. The van der Waals surface area contributed by atoms with Crippen molar-refractivity contribution in [3.05, 3.63) is 58.1 Å². The molecule has 0 aliphatic carbocycles. The first-order chi connectivity index (χ1) is 12.5. The minimum atomic E-state index is -3.73. The van der Waals surface area contributed by atoms with E-state index in [1.54, 1.807) is 14.0 Å². The Bertz CT molecular complexity index is 890. The molecule has 6 heteroatoms. The molecule has 148 valence electrons. The summed E-state index contributed by atoms with van der Waals surface area (Å²) in [5.41, 5.74) is 3.02. The summed E-state index contributed by atoms with van der Waals surface area (Å²) in [5.74, 6) is 0.736. The van der Waals surface area contributed by atoms with Crippen molar-refractivity contribution in [1.82, 2.24) is 4.72 Å². The highest BCUT2D eigenvalue weighted by Crippen LogP contribution is 2.26. The van der Waals surface area contributed by atoms with Gasteiger partial charge in [0, 0.05) is 13.0 Å². The second kappa shape index (κ2) is 8.00. The molecule has 0 amide bonds. The molecule has 0 saturated carbocycles. The normalized spacial score (nSPS) is 14.0. The Morgan fingerprint density at radius 3 is 2.04 bits per heavy atom. The first-order valence-corrected chi connectivity index (χ1v) is 10.4. The molecule has 0 spiro atoms. The number of nitrogens with one attached hydrogen (secondary N) is 1. The summed E-state index contributed by atoms with van der Waals surface area (Å²) in [4.78, 5) is 0.306. The van der Waals surface area contributed by atoms with Crippen LogP contribution in [0.3, 0.4) is 0 Å². The van der Waals surface area contributed by atoms with Gasteiger partial charge in [0.25, 0.3) is 0 Å². The van der Waals surface area contributed by atoms with Gasteiger partial charge < -0.3 is 9.84 Å². The Morgan fingerprint density at radius 2 is 1.56 bits per heavy atom. The molecule has 0 heterocycles. The standard InChI is InChI=1S/C21H29NO4S/c1-14-11-15(2)17(4)20(16(14)3)27(24,25)22-13-21(5,23)12-18-7-9-19(26-6)10-8-18/h7-11,22-23H,12-13H2,1-6H3. The smallest absolute Gasteiger partial charge is 0.241 e. The van der Waals surface area contributed by atoms with Gasteiger partial charge in [0.05, 0.1) is 17.6 Å². The number of rotatable bonds is 7. The minimum Gasteiger partial charge on any atom is -0.497 e. The van der Waals surface area contributed by atoms with Crippen molar-refractivity contribution in [1.29, 1.82) is 0 Å². The first-order valence-electron chi connectivity index (χ1n) is 8.89. The Kier molecular flexibility index (Phi) is 6.35. The van der Waals surface area contributed by atoms with Gasteiger partial charge in [-0.3, -0.25) is 0 Å². The van der Waals surface area contributed by atoms with E-state index in [4.69, 9.17) is 4.74 Å². The maximum absolute atomic E-state index is 12.9. The third-order valence-corrected chi connectivity index (χ3v) is 6.63. The molecule has 5 nitrogen and oxygen atoms in total. The van der Waals surface area contributed by atoms with Gasteiger partial charge in [0.1, 0.15) is 5.75 Å². The second-order valence-corrected chi connectivity index (χ2v) is 9.14. The van der Waals surface area contributed by atoms with Crippen LogP contribution in [0, 0.1) is 27.7 Å². The van der Waals surface area contributed by atoms with Gasteiger partial charge in [-0.15, -0.1) is 0 Å². The highest BCUT2D eigenvalue weighted by Gasteiger charge is 2.27. The van der Waals surface area contributed by atoms with Crippen LogP contribution in [0.5, 0.6) is 5.75 Å². The molecule has 1 atom stereocenters. The summed E-state index contributed by atoms with van der Waals surface area (Å²) in [7, 11) is -2.14. The van der Waals surface area contributed by atoms with E-state index in [2.05, 4.69) is 4.72 Å². The largest absolute Gasteiger partial charge is 0.497 e. The van der Waals surface area contributed by atoms with Gasteiger partial charge in [-0.05, 0) is 74.6 Å². The van der Waals surface area contributed by atoms with Crippen LogP contribution in [0.2, 0.25) is 0 Å². The molecule has 27 heavy (non-hydrogen) atoms. The molecule has 0 aliphatic heterocycles. The number of ether oxygens (including phenoxy) is 1. The number of aliphatic hydroxyl groups is 1. The van der Waals surface area contributed by atoms with E-state index in [9.17, 15) is 13.5 Å². The van der Waals surface area contributed by atoms with Crippen molar-refractivity contribution in [3.8, 4) is 5.75 Å². The lowest BCUT2D eigenvalue weighted by Gasteiger charge is -2.25. The Balaban J connectivity index is 2.18. The highest BCUT2D eigenvalue weighted by atomic mass is 32.2. The zero-order valence-electron chi connectivity index (χ0n) is 16.9. The molecule has 2 aromatic carbocycles. The van der Waals surface area contributed by atoms with Crippen molar-refractivity contribution in [2.24, 2.45) is 0 Å². The summed E-state index contributed by atoms with van der Waals surface area (Å²) in [6.45, 7) is 8.98. The predicted molar refractivity (Wildman–Crippen MR) is 108 cm³/mol. The molecule has 0 saturated heterocycles. The summed E-state index contributed by atoms with van der Waals surface area (Å²) in [5, 5.41) is 10.7. The van der Waals surface area contributed by atoms with Crippen LogP contribution in [0.4, 0.5) is 0 Å². The predicted octanol–water partition coefficient (Wildman–Crippen LogP) is 3.20. The Labute approximate surface area is 162 Å². The van der Waals surface area contributed by atoms with E-state index in [0.29, 0.717) is 11.3 Å². The molecular weight excluding hydrogens is 362 g/mol. The van der Waals surface area contributed by atoms with Crippen LogP contribution in [-0.2, 0) is 16.4 Å². The third kappa shape index (κ3) is 5.09. The van der Waals surface area contributed by atoms with Crippen LogP contribution in [0.25, 0.3) is 0 Å². The molecule has 0 bridgehead atoms. The Hall–Kier alpha value is -1.89. The van der Waals surface area contributed by atoms with Crippen LogP contribution in [0.15, 0.2) is 35.2 Å². The molecule has 2 aromatic rings. The molecular formula is C21H29NO4S. The maximum atomic E-state index is 12.9. The summed E-state index contributed by atoms with van der Waals surface area (Å²) >= 11 is 0. The molecule has 1 unspecified atom stereocenters. The number of aryl methyl sites for hydroxylation is 2. The fraction of sp³-hybridized carbons (Fsp3) is 0.429. The van der Waals surface area contributed by atoms with Crippen molar-refractivity contribution < 1.29 is 18.3 Å². The minimum absolute atomic E-state index is 0.0762. The molecule has 2 rings (SSSR count). The Morgan fingerprint density at radius 1 is 1.04 bits per heavy atom. The average Bonchev–Trinajstić information content (AvgIpc) is 2.59. The maximum Gasteiger partial charge on any atom is 0.241 e. The zero-order valence-corrected chi connectivity index (χ0v) is 17.7. The van der Waals surface area contributed by atoms with Crippen LogP contribution in [-0.4, -0.2) is 32.8 Å².